The Hall–Kier alpha value is -2.17. The van der Waals surface area contributed by atoms with Crippen molar-refractivity contribution in [3.05, 3.63) is 59.0 Å². The predicted molar refractivity (Wildman–Crippen MR) is 141 cm³/mol. The molecule has 0 amide bonds. The Labute approximate surface area is 214 Å². The molecule has 7 nitrogen and oxygen atoms in total. The molecule has 1 saturated heterocycles. The molecular weight excluding hydrogens is 545 g/mol. The molecule has 1 aromatic carbocycles. The molecule has 4 rings (SSSR count). The second-order valence-electron chi connectivity index (χ2n) is 8.84. The van der Waals surface area contributed by atoms with E-state index in [1.165, 1.54) is 0 Å². The molecule has 1 aliphatic rings. The van der Waals surface area contributed by atoms with Gasteiger partial charge in [-0.1, -0.05) is 35.6 Å². The first-order valence-corrected chi connectivity index (χ1v) is 12.8. The number of pyridine rings is 1. The van der Waals surface area contributed by atoms with Crippen LogP contribution in [0.2, 0.25) is 0 Å². The standard InChI is InChI=1S/C26H32IN3O4/c1-5-18-12-19(34-6-2)13-26(27,17-7-8-22(25(31)32)29-14-17)30(18)15-21-20-9-10-28-24(20)16(3)11-23(21)33-4/h7-11,14,18-19,28H,5-6,12-13,15H2,1-4H3,(H,31,32)/t18-,19+,26?/m0/s1. The highest BCUT2D eigenvalue weighted by molar-refractivity contribution is 14.1. The van der Waals surface area contributed by atoms with E-state index >= 15 is 0 Å². The lowest BCUT2D eigenvalue weighted by molar-refractivity contribution is -0.0504. The number of methoxy groups -OCH3 is 1. The van der Waals surface area contributed by atoms with E-state index in [-0.39, 0.29) is 17.8 Å². The number of aromatic amines is 1. The maximum atomic E-state index is 11.4. The third kappa shape index (κ3) is 4.55. The summed E-state index contributed by atoms with van der Waals surface area (Å²) in [6.45, 7) is 7.70. The maximum Gasteiger partial charge on any atom is 0.354 e. The number of benzene rings is 1. The number of rotatable bonds is 8. The molecule has 0 spiro atoms. The smallest absolute Gasteiger partial charge is 0.354 e. The van der Waals surface area contributed by atoms with Gasteiger partial charge in [0.1, 0.15) is 15.0 Å². The molecule has 0 bridgehead atoms. The van der Waals surface area contributed by atoms with Gasteiger partial charge in [0.25, 0.3) is 0 Å². The van der Waals surface area contributed by atoms with Crippen molar-refractivity contribution in [2.24, 2.45) is 0 Å². The first-order valence-electron chi connectivity index (χ1n) is 11.7. The van der Waals surface area contributed by atoms with Crippen LogP contribution in [0.25, 0.3) is 10.9 Å². The van der Waals surface area contributed by atoms with Gasteiger partial charge in [0, 0.05) is 60.0 Å². The lowest BCUT2D eigenvalue weighted by atomic mass is 9.87. The van der Waals surface area contributed by atoms with Crippen molar-refractivity contribution >= 4 is 39.5 Å². The minimum Gasteiger partial charge on any atom is -0.496 e. The zero-order valence-corrected chi connectivity index (χ0v) is 22.3. The van der Waals surface area contributed by atoms with Gasteiger partial charge < -0.3 is 19.6 Å². The summed E-state index contributed by atoms with van der Waals surface area (Å²) in [7, 11) is 1.72. The highest BCUT2D eigenvalue weighted by Gasteiger charge is 2.47. The summed E-state index contributed by atoms with van der Waals surface area (Å²) in [5.74, 6) is -0.142. The monoisotopic (exact) mass is 577 g/mol. The van der Waals surface area contributed by atoms with Crippen molar-refractivity contribution in [2.45, 2.75) is 62.3 Å². The van der Waals surface area contributed by atoms with Gasteiger partial charge in [0.05, 0.1) is 13.2 Å². The molecule has 3 aromatic rings. The molecule has 8 heteroatoms. The number of nitrogens with zero attached hydrogens (tertiary/aromatic N) is 2. The molecule has 1 fully saturated rings. The summed E-state index contributed by atoms with van der Waals surface area (Å²) in [6, 6.07) is 7.99. The Morgan fingerprint density at radius 1 is 1.35 bits per heavy atom. The first kappa shape index (κ1) is 24.9. The number of likely N-dealkylation sites (tertiary alicyclic amines) is 1. The molecule has 3 atom stereocenters. The molecule has 0 radical (unpaired) electrons. The van der Waals surface area contributed by atoms with E-state index in [4.69, 9.17) is 9.47 Å². The Balaban J connectivity index is 1.82. The fourth-order valence-corrected chi connectivity index (χ4v) is 6.58. The number of ether oxygens (including phenoxy) is 2. The molecule has 182 valence electrons. The van der Waals surface area contributed by atoms with Gasteiger partial charge >= 0.3 is 5.97 Å². The molecular formula is C26H32IN3O4. The second kappa shape index (κ2) is 10.2. The summed E-state index contributed by atoms with van der Waals surface area (Å²) < 4.78 is 11.6. The van der Waals surface area contributed by atoms with Crippen LogP contribution in [0.5, 0.6) is 5.75 Å². The molecule has 0 saturated carbocycles. The Morgan fingerprint density at radius 2 is 2.15 bits per heavy atom. The zero-order chi connectivity index (χ0) is 24.5. The Morgan fingerprint density at radius 3 is 2.76 bits per heavy atom. The average molecular weight is 577 g/mol. The number of fused-ring (bicyclic) bond motifs is 1. The normalized spacial score (nSPS) is 23.3. The van der Waals surface area contributed by atoms with Crippen LogP contribution in [0.15, 0.2) is 36.7 Å². The van der Waals surface area contributed by atoms with E-state index in [0.717, 1.165) is 52.6 Å². The van der Waals surface area contributed by atoms with Gasteiger partial charge in [-0.3, -0.25) is 4.90 Å². The van der Waals surface area contributed by atoms with Gasteiger partial charge in [0.2, 0.25) is 0 Å². The summed E-state index contributed by atoms with van der Waals surface area (Å²) >= 11 is 2.53. The minimum absolute atomic E-state index is 0.0498. The molecule has 2 N–H and O–H groups in total. The van der Waals surface area contributed by atoms with Gasteiger partial charge in [-0.15, -0.1) is 0 Å². The lowest BCUT2D eigenvalue weighted by Gasteiger charge is -2.51. The van der Waals surface area contributed by atoms with E-state index in [1.54, 1.807) is 19.4 Å². The highest BCUT2D eigenvalue weighted by atomic mass is 127. The topological polar surface area (TPSA) is 87.7 Å². The number of H-pyrrole nitrogens is 1. The third-order valence-corrected chi connectivity index (χ3v) is 8.57. The molecule has 34 heavy (non-hydrogen) atoms. The first-order chi connectivity index (χ1) is 16.3. The number of alkyl halides is 1. The van der Waals surface area contributed by atoms with Crippen molar-refractivity contribution in [1.82, 2.24) is 14.9 Å². The number of nitrogens with one attached hydrogen (secondary N) is 1. The lowest BCUT2D eigenvalue weighted by Crippen LogP contribution is -2.54. The quantitative estimate of drug-likeness (QED) is 0.205. The van der Waals surface area contributed by atoms with E-state index in [1.807, 2.05) is 19.2 Å². The predicted octanol–water partition coefficient (Wildman–Crippen LogP) is 5.65. The summed E-state index contributed by atoms with van der Waals surface area (Å²) in [5, 5.41) is 10.5. The highest BCUT2D eigenvalue weighted by Crippen LogP contribution is 2.49. The largest absolute Gasteiger partial charge is 0.496 e. The van der Waals surface area contributed by atoms with Crippen LogP contribution in [-0.2, 0) is 14.8 Å². The van der Waals surface area contributed by atoms with Gasteiger partial charge in [-0.05, 0) is 50.5 Å². The molecule has 1 aliphatic heterocycles. The number of carbonyl (C=O) groups is 1. The Kier molecular flexibility index (Phi) is 7.49. The van der Waals surface area contributed by atoms with E-state index in [9.17, 15) is 9.90 Å². The number of aromatic nitrogens is 2. The van der Waals surface area contributed by atoms with Crippen molar-refractivity contribution in [3.8, 4) is 5.75 Å². The van der Waals surface area contributed by atoms with Gasteiger partial charge in [-0.2, -0.15) is 0 Å². The number of carboxylic acids is 1. The summed E-state index contributed by atoms with van der Waals surface area (Å²) in [5.41, 5.74) is 4.45. The van der Waals surface area contributed by atoms with Crippen molar-refractivity contribution < 1.29 is 19.4 Å². The number of hydrogen-bond acceptors (Lipinski definition) is 5. The van der Waals surface area contributed by atoms with Gasteiger partial charge in [0.15, 0.2) is 0 Å². The zero-order valence-electron chi connectivity index (χ0n) is 20.1. The molecule has 0 aliphatic carbocycles. The molecule has 3 heterocycles. The third-order valence-electron chi connectivity index (χ3n) is 6.89. The van der Waals surface area contributed by atoms with Crippen molar-refractivity contribution in [2.75, 3.05) is 13.7 Å². The van der Waals surface area contributed by atoms with Crippen molar-refractivity contribution in [3.63, 3.8) is 0 Å². The number of carboxylic acid groups (broad SMARTS) is 1. The van der Waals surface area contributed by atoms with E-state index < -0.39 is 9.51 Å². The van der Waals surface area contributed by atoms with Crippen LogP contribution in [-0.4, -0.2) is 51.8 Å². The van der Waals surface area contributed by atoms with Crippen LogP contribution in [0.4, 0.5) is 0 Å². The van der Waals surface area contributed by atoms with Crippen LogP contribution < -0.4 is 4.74 Å². The number of halogens is 1. The van der Waals surface area contributed by atoms with Crippen LogP contribution in [0, 0.1) is 6.92 Å². The number of aryl methyl sites for hydroxylation is 1. The fraction of sp³-hybridized carbons (Fsp3) is 0.462. The van der Waals surface area contributed by atoms with Crippen LogP contribution in [0.3, 0.4) is 0 Å². The minimum atomic E-state index is -1.02. The maximum absolute atomic E-state index is 11.4. The average Bonchev–Trinajstić information content (AvgIpc) is 3.32. The van der Waals surface area contributed by atoms with Crippen LogP contribution >= 0.6 is 22.6 Å². The number of hydrogen-bond donors (Lipinski definition) is 2. The second-order valence-corrected chi connectivity index (χ2v) is 10.6. The SMILES string of the molecule is CCO[C@@H]1C[C@H](CC)N(Cc2c(OC)cc(C)c3[nH]ccc23)C(I)(c2ccc(C(=O)O)nc2)C1. The summed E-state index contributed by atoms with van der Waals surface area (Å²) in [4.78, 5) is 21.5. The number of piperidine rings is 1. The van der Waals surface area contributed by atoms with E-state index in [2.05, 4.69) is 63.4 Å². The molecule has 1 unspecified atom stereocenters. The van der Waals surface area contributed by atoms with Crippen LogP contribution in [0.1, 0.15) is 60.3 Å². The fourth-order valence-electron chi connectivity index (χ4n) is 5.21. The van der Waals surface area contributed by atoms with Gasteiger partial charge in [-0.25, -0.2) is 9.78 Å². The molecule has 2 aromatic heterocycles. The van der Waals surface area contributed by atoms with Crippen molar-refractivity contribution in [1.29, 1.82) is 0 Å². The summed E-state index contributed by atoms with van der Waals surface area (Å²) in [6.07, 6.45) is 6.51. The number of aromatic carboxylic acids is 1. The van der Waals surface area contributed by atoms with E-state index in [0.29, 0.717) is 13.2 Å². The Bertz CT molecular complexity index is 1160.